The van der Waals surface area contributed by atoms with Crippen molar-refractivity contribution in [3.63, 3.8) is 0 Å². The third-order valence-corrected chi connectivity index (χ3v) is 6.51. The van der Waals surface area contributed by atoms with E-state index in [4.69, 9.17) is 5.14 Å². The van der Waals surface area contributed by atoms with Crippen LogP contribution in [0.3, 0.4) is 0 Å². The van der Waals surface area contributed by atoms with E-state index in [-0.39, 0.29) is 16.6 Å². The average Bonchev–Trinajstić information content (AvgIpc) is 3.09. The van der Waals surface area contributed by atoms with Crippen molar-refractivity contribution in [1.82, 2.24) is 4.90 Å². The molecule has 0 radical (unpaired) electrons. The molecule has 2 saturated heterocycles. The summed E-state index contributed by atoms with van der Waals surface area (Å²) in [6.07, 6.45) is 0. The van der Waals surface area contributed by atoms with Crippen LogP contribution >= 0.6 is 0 Å². The van der Waals surface area contributed by atoms with Crippen LogP contribution in [0.5, 0.6) is 0 Å². The van der Waals surface area contributed by atoms with E-state index in [9.17, 15) is 17.6 Å². The Kier molecular flexibility index (Phi) is 5.39. The number of urea groups is 1. The molecule has 0 spiro atoms. The van der Waals surface area contributed by atoms with Crippen LogP contribution in [0.25, 0.3) is 0 Å². The van der Waals surface area contributed by atoms with Crippen LogP contribution in [0.15, 0.2) is 47.4 Å². The number of sulfonamides is 1. The molecule has 2 heterocycles. The number of hydrogen-bond acceptors (Lipinski definition) is 5. The lowest BCUT2D eigenvalue weighted by Gasteiger charge is -2.34. The molecule has 0 atom stereocenters. The van der Waals surface area contributed by atoms with E-state index < -0.39 is 15.8 Å². The van der Waals surface area contributed by atoms with Crippen LogP contribution in [-0.4, -0.2) is 65.7 Å². The number of benzene rings is 2. The van der Waals surface area contributed by atoms with E-state index in [0.29, 0.717) is 18.8 Å². The summed E-state index contributed by atoms with van der Waals surface area (Å²) in [5, 5.41) is 5.11. The number of piperazine rings is 1. The van der Waals surface area contributed by atoms with Gasteiger partial charge in [-0.1, -0.05) is 0 Å². The van der Waals surface area contributed by atoms with Crippen molar-refractivity contribution in [2.24, 2.45) is 5.14 Å². The zero-order valence-corrected chi connectivity index (χ0v) is 17.5. The molecule has 8 nitrogen and oxygen atoms in total. The Balaban J connectivity index is 1.51. The smallest absolute Gasteiger partial charge is 0.329 e. The molecule has 2 aliphatic rings. The SMILES string of the molecule is CN1CCN(c2ccc(N3CCN(c4ccc(S(N)(=O)=O)cc4)C3=O)c(F)c2)CC1. The van der Waals surface area contributed by atoms with Gasteiger partial charge in [-0.25, -0.2) is 22.7 Å². The van der Waals surface area contributed by atoms with Gasteiger partial charge in [0.15, 0.2) is 0 Å². The van der Waals surface area contributed by atoms with Gasteiger partial charge >= 0.3 is 6.03 Å². The van der Waals surface area contributed by atoms with Gasteiger partial charge in [-0.15, -0.1) is 0 Å². The second-order valence-electron chi connectivity index (χ2n) is 7.55. The number of primary sulfonamides is 1. The number of carbonyl (C=O) groups is 1. The maximum atomic E-state index is 14.9. The van der Waals surface area contributed by atoms with E-state index >= 15 is 0 Å². The first-order chi connectivity index (χ1) is 14.2. The third-order valence-electron chi connectivity index (χ3n) is 5.58. The number of halogens is 1. The Labute approximate surface area is 175 Å². The van der Waals surface area contributed by atoms with Gasteiger partial charge in [0.25, 0.3) is 0 Å². The maximum absolute atomic E-state index is 14.9. The lowest BCUT2D eigenvalue weighted by atomic mass is 10.2. The van der Waals surface area contributed by atoms with Gasteiger partial charge in [-0.2, -0.15) is 0 Å². The highest BCUT2D eigenvalue weighted by atomic mass is 32.2. The van der Waals surface area contributed by atoms with Crippen LogP contribution < -0.4 is 19.8 Å². The van der Waals surface area contributed by atoms with Gasteiger partial charge in [-0.05, 0) is 49.5 Å². The first-order valence-electron chi connectivity index (χ1n) is 9.69. The lowest BCUT2D eigenvalue weighted by Crippen LogP contribution is -2.44. The van der Waals surface area contributed by atoms with Crippen LogP contribution in [0.2, 0.25) is 0 Å². The molecule has 160 valence electrons. The van der Waals surface area contributed by atoms with Gasteiger partial charge in [0.2, 0.25) is 10.0 Å². The Bertz CT molecular complexity index is 1050. The molecular weight excluding hydrogens is 409 g/mol. The fourth-order valence-electron chi connectivity index (χ4n) is 3.79. The maximum Gasteiger partial charge on any atom is 0.329 e. The molecule has 2 amide bonds. The lowest BCUT2D eigenvalue weighted by molar-refractivity contribution is 0.255. The van der Waals surface area contributed by atoms with Crippen molar-refractivity contribution in [2.45, 2.75) is 4.90 Å². The highest BCUT2D eigenvalue weighted by molar-refractivity contribution is 7.89. The molecule has 10 heteroatoms. The number of amides is 2. The van der Waals surface area contributed by atoms with Gasteiger partial charge in [0.05, 0.1) is 10.6 Å². The zero-order chi connectivity index (χ0) is 21.5. The molecule has 0 bridgehead atoms. The summed E-state index contributed by atoms with van der Waals surface area (Å²) in [7, 11) is -1.74. The van der Waals surface area contributed by atoms with Crippen molar-refractivity contribution in [3.8, 4) is 0 Å². The predicted molar refractivity (Wildman–Crippen MR) is 114 cm³/mol. The second kappa shape index (κ2) is 7.86. The topological polar surface area (TPSA) is 90.2 Å². The zero-order valence-electron chi connectivity index (χ0n) is 16.7. The molecule has 2 aromatic carbocycles. The summed E-state index contributed by atoms with van der Waals surface area (Å²) in [4.78, 5) is 20.1. The van der Waals surface area contributed by atoms with Gasteiger partial charge < -0.3 is 9.80 Å². The van der Waals surface area contributed by atoms with Crippen molar-refractivity contribution >= 4 is 33.1 Å². The predicted octanol–water partition coefficient (Wildman–Crippen LogP) is 1.67. The number of anilines is 3. The summed E-state index contributed by atoms with van der Waals surface area (Å²) >= 11 is 0. The van der Waals surface area contributed by atoms with Gasteiger partial charge in [0, 0.05) is 50.6 Å². The van der Waals surface area contributed by atoms with E-state index in [2.05, 4.69) is 16.8 Å². The molecule has 0 aromatic heterocycles. The van der Waals surface area contributed by atoms with E-state index in [0.717, 1.165) is 31.9 Å². The Morgan fingerprint density at radius 1 is 0.867 bits per heavy atom. The average molecular weight is 434 g/mol. The normalized spacial score (nSPS) is 18.4. The van der Waals surface area contributed by atoms with Crippen molar-refractivity contribution in [1.29, 1.82) is 0 Å². The minimum atomic E-state index is -3.80. The molecule has 0 aliphatic carbocycles. The number of hydrogen-bond donors (Lipinski definition) is 1. The summed E-state index contributed by atoms with van der Waals surface area (Å²) in [6.45, 7) is 4.22. The highest BCUT2D eigenvalue weighted by Crippen LogP contribution is 2.30. The Morgan fingerprint density at radius 2 is 1.47 bits per heavy atom. The molecule has 2 N–H and O–H groups in total. The molecular formula is C20H24FN5O3S. The Morgan fingerprint density at radius 3 is 2.07 bits per heavy atom. The number of likely N-dealkylation sites (N-methyl/N-ethyl adjacent to an activating group) is 1. The van der Waals surface area contributed by atoms with Crippen LogP contribution in [0.4, 0.5) is 26.2 Å². The molecule has 30 heavy (non-hydrogen) atoms. The van der Waals surface area contributed by atoms with E-state index in [1.54, 1.807) is 6.07 Å². The molecule has 4 rings (SSSR count). The van der Waals surface area contributed by atoms with E-state index in [1.165, 1.54) is 40.1 Å². The number of nitrogens with two attached hydrogens (primary N) is 1. The van der Waals surface area contributed by atoms with Gasteiger partial charge in [0.1, 0.15) is 5.82 Å². The van der Waals surface area contributed by atoms with E-state index in [1.807, 2.05) is 6.07 Å². The van der Waals surface area contributed by atoms with Crippen molar-refractivity contribution < 1.29 is 17.6 Å². The van der Waals surface area contributed by atoms with Crippen molar-refractivity contribution in [2.75, 3.05) is 61.0 Å². The second-order valence-corrected chi connectivity index (χ2v) is 9.11. The summed E-state index contributed by atoms with van der Waals surface area (Å²) in [5.74, 6) is -0.439. The fourth-order valence-corrected chi connectivity index (χ4v) is 4.31. The minimum Gasteiger partial charge on any atom is -0.369 e. The first-order valence-corrected chi connectivity index (χ1v) is 11.2. The Hall–Kier alpha value is -2.69. The third kappa shape index (κ3) is 3.98. The fraction of sp³-hybridized carbons (Fsp3) is 0.350. The monoisotopic (exact) mass is 433 g/mol. The standard InChI is InChI=1S/C20H24FN5O3S/c1-23-8-10-24(11-9-23)16-4-7-19(18(21)14-16)26-13-12-25(20(26)27)15-2-5-17(6-3-15)30(22,28)29/h2-7,14H,8-13H2,1H3,(H2,22,28,29). The molecule has 2 aliphatic heterocycles. The number of rotatable bonds is 4. The molecule has 2 fully saturated rings. The molecule has 0 saturated carbocycles. The quantitative estimate of drug-likeness (QED) is 0.792. The summed E-state index contributed by atoms with van der Waals surface area (Å²) < 4.78 is 37.7. The summed E-state index contributed by atoms with van der Waals surface area (Å²) in [6, 6.07) is 10.4. The van der Waals surface area contributed by atoms with Crippen LogP contribution in [0, 0.1) is 5.82 Å². The molecule has 2 aromatic rings. The minimum absolute atomic E-state index is 0.0275. The van der Waals surface area contributed by atoms with Gasteiger partial charge in [-0.3, -0.25) is 9.80 Å². The van der Waals surface area contributed by atoms with Crippen molar-refractivity contribution in [3.05, 3.63) is 48.3 Å². The highest BCUT2D eigenvalue weighted by Gasteiger charge is 2.32. The molecule has 0 unspecified atom stereocenters. The van der Waals surface area contributed by atoms with Crippen LogP contribution in [0.1, 0.15) is 0 Å². The first kappa shape index (κ1) is 20.6. The number of carbonyl (C=O) groups excluding carboxylic acids is 1. The summed E-state index contributed by atoms with van der Waals surface area (Å²) in [5.41, 5.74) is 1.58. The number of nitrogens with zero attached hydrogens (tertiary/aromatic N) is 4. The largest absolute Gasteiger partial charge is 0.369 e. The van der Waals surface area contributed by atoms with Crippen LogP contribution in [-0.2, 0) is 10.0 Å².